The van der Waals surface area contributed by atoms with E-state index < -0.39 is 0 Å². The average molecular weight is 163 g/mol. The first-order valence-electron chi connectivity index (χ1n) is 2.42. The minimum Gasteiger partial charge on any atom is -0.419 e. The number of rotatable bonds is 3. The molecule has 0 aromatic heterocycles. The van der Waals surface area contributed by atoms with Crippen molar-refractivity contribution < 1.29 is 13.3 Å². The van der Waals surface area contributed by atoms with Crippen LogP contribution in [0.4, 0.5) is 0 Å². The Morgan fingerprint density at radius 2 is 1.67 bits per heavy atom. The highest BCUT2D eigenvalue weighted by Crippen LogP contribution is 1.55. The molecule has 3 nitrogen and oxygen atoms in total. The molecule has 53 valence electrons. The molecule has 0 aliphatic carbocycles. The van der Waals surface area contributed by atoms with Crippen molar-refractivity contribution in [2.75, 3.05) is 20.8 Å². The third-order valence-electron chi connectivity index (χ3n) is 0.311. The second-order valence-corrected chi connectivity index (χ2v) is 2.20. The zero-order chi connectivity index (χ0) is 7.54. The Kier molecular flexibility index (Phi) is 21.1. The fourth-order valence-corrected chi connectivity index (χ4v) is 0.250. The fraction of sp³-hybridized carbons (Fsp3) is 1.00. The van der Waals surface area contributed by atoms with Gasteiger partial charge in [0.05, 0.1) is 0 Å². The van der Waals surface area contributed by atoms with Gasteiger partial charge in [0.1, 0.15) is 0 Å². The van der Waals surface area contributed by atoms with Crippen LogP contribution in [0.15, 0.2) is 0 Å². The molecule has 0 aromatic rings. The van der Waals surface area contributed by atoms with Crippen LogP contribution < -0.4 is 0 Å². The molecule has 0 rings (SSSR count). The topological polar surface area (TPSA) is 27.7 Å². The third kappa shape index (κ3) is 30.2. The van der Waals surface area contributed by atoms with Gasteiger partial charge in [-0.3, -0.25) is 0 Å². The molecule has 0 heterocycles. The van der Waals surface area contributed by atoms with Gasteiger partial charge >= 0.3 is 10.0 Å². The van der Waals surface area contributed by atoms with E-state index in [9.17, 15) is 0 Å². The van der Waals surface area contributed by atoms with Gasteiger partial charge in [0.25, 0.3) is 0 Å². The molecule has 0 aliphatic heterocycles. The summed E-state index contributed by atoms with van der Waals surface area (Å²) in [6.07, 6.45) is 0. The van der Waals surface area contributed by atoms with Crippen molar-refractivity contribution in [3.63, 3.8) is 0 Å². The molecule has 0 aromatic carbocycles. The molecule has 0 atom stereocenters. The van der Waals surface area contributed by atoms with Crippen LogP contribution in [-0.4, -0.2) is 41.3 Å². The molecule has 0 aliphatic rings. The van der Waals surface area contributed by atoms with Gasteiger partial charge < -0.3 is 13.3 Å². The minimum atomic E-state index is 0.198. The van der Waals surface area contributed by atoms with Crippen molar-refractivity contribution >= 4 is 20.5 Å². The van der Waals surface area contributed by atoms with Crippen molar-refractivity contribution in [1.29, 1.82) is 0 Å². The molecule has 0 fully saturated rings. The standard InChI is InChI=1S/C2H6O2Si.C2H5OSi/c1-3-5-4-2;1-2-3-4/h1-2H3;2H2,1H3. The van der Waals surface area contributed by atoms with Crippen LogP contribution in [-0.2, 0) is 13.3 Å². The molecule has 0 spiro atoms. The summed E-state index contributed by atoms with van der Waals surface area (Å²) in [4.78, 5) is 0. The highest BCUT2D eigenvalue weighted by atomic mass is 28.3. The summed E-state index contributed by atoms with van der Waals surface area (Å²) in [6.45, 7) is 2.64. The van der Waals surface area contributed by atoms with Crippen LogP contribution >= 0.6 is 0 Å². The quantitative estimate of drug-likeness (QED) is 0.545. The van der Waals surface area contributed by atoms with Gasteiger partial charge in [0, 0.05) is 20.8 Å². The van der Waals surface area contributed by atoms with Crippen molar-refractivity contribution in [2.45, 2.75) is 6.92 Å². The van der Waals surface area contributed by atoms with Crippen molar-refractivity contribution in [1.82, 2.24) is 0 Å². The maximum absolute atomic E-state index is 4.50. The molecule has 9 heavy (non-hydrogen) atoms. The van der Waals surface area contributed by atoms with E-state index in [4.69, 9.17) is 0 Å². The molecule has 0 unspecified atom stereocenters. The SMILES string of the molecule is CCO[Si].CO[Si]OC. The smallest absolute Gasteiger partial charge is 0.419 e. The largest absolute Gasteiger partial charge is 0.432 e. The van der Waals surface area contributed by atoms with E-state index in [1.165, 1.54) is 0 Å². The Bertz CT molecular complexity index is 33.0. The fourth-order valence-electron chi connectivity index (χ4n) is 0.0833. The average Bonchev–Trinajstić information content (AvgIpc) is 1.91. The summed E-state index contributed by atoms with van der Waals surface area (Å²) in [5.41, 5.74) is 0. The van der Waals surface area contributed by atoms with E-state index >= 15 is 0 Å². The van der Waals surface area contributed by atoms with Crippen molar-refractivity contribution in [2.24, 2.45) is 0 Å². The van der Waals surface area contributed by atoms with Gasteiger partial charge in [0.15, 0.2) is 0 Å². The van der Waals surface area contributed by atoms with Gasteiger partial charge in [-0.1, -0.05) is 0 Å². The molecule has 0 amide bonds. The highest BCUT2D eigenvalue weighted by Gasteiger charge is 1.73. The maximum Gasteiger partial charge on any atom is 0.432 e. The Morgan fingerprint density at radius 1 is 1.33 bits per heavy atom. The summed E-state index contributed by atoms with van der Waals surface area (Å²) < 4.78 is 13.3. The van der Waals surface area contributed by atoms with Gasteiger partial charge in [0.2, 0.25) is 10.5 Å². The summed E-state index contributed by atoms with van der Waals surface area (Å²) in [5, 5.41) is 0. The zero-order valence-electron chi connectivity index (χ0n) is 5.93. The maximum atomic E-state index is 4.50. The zero-order valence-corrected chi connectivity index (χ0v) is 7.93. The van der Waals surface area contributed by atoms with Crippen LogP contribution in [0.3, 0.4) is 0 Å². The first kappa shape index (κ1) is 12.0. The lowest BCUT2D eigenvalue weighted by Gasteiger charge is -1.82. The molecular weight excluding hydrogens is 152 g/mol. The van der Waals surface area contributed by atoms with E-state index in [-0.39, 0.29) is 10.0 Å². The molecule has 5 radical (unpaired) electrons. The Balaban J connectivity index is 0. The molecular formula is C4H11O3Si2. The first-order chi connectivity index (χ1) is 4.33. The molecule has 0 bridgehead atoms. The summed E-state index contributed by atoms with van der Waals surface area (Å²) >= 11 is 0. The summed E-state index contributed by atoms with van der Waals surface area (Å²) in [6, 6.07) is 0. The molecule has 0 saturated carbocycles. The number of hydrogen-bond acceptors (Lipinski definition) is 3. The van der Waals surface area contributed by atoms with Gasteiger partial charge in [-0.15, -0.1) is 0 Å². The van der Waals surface area contributed by atoms with Crippen LogP contribution in [0, 0.1) is 0 Å². The van der Waals surface area contributed by atoms with Crippen molar-refractivity contribution in [3.8, 4) is 0 Å². The second kappa shape index (κ2) is 15.7. The minimum absolute atomic E-state index is 0.198. The molecule has 0 N–H and O–H groups in total. The lowest BCUT2D eigenvalue weighted by atomic mass is 10.9. The lowest BCUT2D eigenvalue weighted by molar-refractivity contribution is 0.309. The number of hydrogen-bond donors (Lipinski definition) is 0. The monoisotopic (exact) mass is 163 g/mol. The van der Waals surface area contributed by atoms with E-state index in [1.807, 2.05) is 6.92 Å². The highest BCUT2D eigenvalue weighted by molar-refractivity contribution is 6.17. The van der Waals surface area contributed by atoms with E-state index in [2.05, 4.69) is 23.8 Å². The Labute approximate surface area is 62.3 Å². The van der Waals surface area contributed by atoms with Gasteiger partial charge in [-0.25, -0.2) is 0 Å². The van der Waals surface area contributed by atoms with Crippen molar-refractivity contribution in [3.05, 3.63) is 0 Å². The van der Waals surface area contributed by atoms with E-state index in [0.717, 1.165) is 6.61 Å². The van der Waals surface area contributed by atoms with Crippen LogP contribution in [0.25, 0.3) is 0 Å². The summed E-state index contributed by atoms with van der Waals surface area (Å²) in [7, 11) is 6.18. The predicted molar refractivity (Wildman–Crippen MR) is 37.2 cm³/mol. The Hall–Kier alpha value is 0.314. The van der Waals surface area contributed by atoms with E-state index in [1.54, 1.807) is 14.2 Å². The van der Waals surface area contributed by atoms with E-state index in [0.29, 0.717) is 0 Å². The second-order valence-electron chi connectivity index (χ2n) is 0.925. The first-order valence-corrected chi connectivity index (χ1v) is 3.65. The molecule has 0 saturated heterocycles. The third-order valence-corrected chi connectivity index (χ3v) is 0.933. The molecule has 5 heteroatoms. The van der Waals surface area contributed by atoms with Gasteiger partial charge in [-0.2, -0.15) is 0 Å². The lowest BCUT2D eigenvalue weighted by Crippen LogP contribution is -1.93. The Morgan fingerprint density at radius 3 is 1.67 bits per heavy atom. The van der Waals surface area contributed by atoms with Gasteiger partial charge in [-0.05, 0) is 6.92 Å². The predicted octanol–water partition coefficient (Wildman–Crippen LogP) is -0.0802. The summed E-state index contributed by atoms with van der Waals surface area (Å²) in [5.74, 6) is 0. The van der Waals surface area contributed by atoms with Crippen LogP contribution in [0.2, 0.25) is 0 Å². The normalized spacial score (nSPS) is 8.00. The van der Waals surface area contributed by atoms with Crippen LogP contribution in [0.5, 0.6) is 0 Å². The van der Waals surface area contributed by atoms with Crippen LogP contribution in [0.1, 0.15) is 6.92 Å².